The van der Waals surface area contributed by atoms with Gasteiger partial charge in [0, 0.05) is 6.20 Å². The van der Waals surface area contributed by atoms with Crippen molar-refractivity contribution in [2.24, 2.45) is 4.99 Å². The number of amides is 1. The predicted molar refractivity (Wildman–Crippen MR) is 88.2 cm³/mol. The fourth-order valence-electron chi connectivity index (χ4n) is 1.78. The van der Waals surface area contributed by atoms with Gasteiger partial charge in [0.15, 0.2) is 11.0 Å². The number of aliphatic imine (C=N–C) groups is 1. The third-order valence-electron chi connectivity index (χ3n) is 2.75. The molecule has 1 amide bonds. The maximum absolute atomic E-state index is 11.9. The standard InChI is InChI=1S/C15H10ClN3O2S/c16-10-4-5-13(17-8-10)18-15-19-14(21)12(22-15)7-9-2-1-3-11(20)6-9/h1-8,20H,(H,17,18,19,21)/b12-7-. The molecule has 0 saturated carbocycles. The van der Waals surface area contributed by atoms with Crippen LogP contribution in [0.4, 0.5) is 5.82 Å². The van der Waals surface area contributed by atoms with E-state index in [1.165, 1.54) is 18.0 Å². The van der Waals surface area contributed by atoms with E-state index in [0.29, 0.717) is 20.9 Å². The summed E-state index contributed by atoms with van der Waals surface area (Å²) in [5.41, 5.74) is 0.739. The van der Waals surface area contributed by atoms with Crippen LogP contribution in [0.15, 0.2) is 52.5 Å². The van der Waals surface area contributed by atoms with Crippen molar-refractivity contribution in [2.45, 2.75) is 0 Å². The first-order valence-electron chi connectivity index (χ1n) is 6.30. The number of phenolic OH excluding ortho intramolecular Hbond substituents is 1. The zero-order valence-corrected chi connectivity index (χ0v) is 12.7. The highest BCUT2D eigenvalue weighted by Gasteiger charge is 2.23. The number of carbonyl (C=O) groups is 1. The molecule has 0 atom stereocenters. The SMILES string of the molecule is O=C1NC(=Nc2ccc(Cl)cn2)S/C1=C\c1cccc(O)c1. The molecule has 1 aliphatic heterocycles. The Morgan fingerprint density at radius 1 is 1.32 bits per heavy atom. The summed E-state index contributed by atoms with van der Waals surface area (Å²) in [5.74, 6) is 0.379. The summed E-state index contributed by atoms with van der Waals surface area (Å²) in [7, 11) is 0. The molecule has 0 aliphatic carbocycles. The second-order valence-electron chi connectivity index (χ2n) is 4.41. The molecule has 3 rings (SSSR count). The largest absolute Gasteiger partial charge is 0.508 e. The molecule has 0 radical (unpaired) electrons. The number of rotatable bonds is 2. The summed E-state index contributed by atoms with van der Waals surface area (Å²) in [6.07, 6.45) is 3.18. The van der Waals surface area contributed by atoms with E-state index in [1.54, 1.807) is 42.5 Å². The van der Waals surface area contributed by atoms with Crippen LogP contribution in [0.3, 0.4) is 0 Å². The van der Waals surface area contributed by atoms with Crippen LogP contribution in [0.2, 0.25) is 5.02 Å². The molecule has 2 aromatic rings. The quantitative estimate of drug-likeness (QED) is 0.828. The summed E-state index contributed by atoms with van der Waals surface area (Å²) in [6.45, 7) is 0. The molecular weight excluding hydrogens is 322 g/mol. The van der Waals surface area contributed by atoms with E-state index >= 15 is 0 Å². The van der Waals surface area contributed by atoms with Gasteiger partial charge in [0.1, 0.15) is 5.75 Å². The van der Waals surface area contributed by atoms with Crippen LogP contribution in [0.25, 0.3) is 6.08 Å². The lowest BCUT2D eigenvalue weighted by Crippen LogP contribution is -2.19. The van der Waals surface area contributed by atoms with Gasteiger partial charge in [-0.25, -0.2) is 9.98 Å². The van der Waals surface area contributed by atoms with Crippen LogP contribution < -0.4 is 5.32 Å². The van der Waals surface area contributed by atoms with Crippen LogP contribution in [0.5, 0.6) is 5.75 Å². The smallest absolute Gasteiger partial charge is 0.264 e. The number of aromatic nitrogens is 1. The van der Waals surface area contributed by atoms with Crippen molar-refractivity contribution in [2.75, 3.05) is 0 Å². The first-order valence-corrected chi connectivity index (χ1v) is 7.50. The second-order valence-corrected chi connectivity index (χ2v) is 5.88. The lowest BCUT2D eigenvalue weighted by atomic mass is 10.2. The Bertz CT molecular complexity index is 788. The molecule has 0 bridgehead atoms. The molecule has 1 saturated heterocycles. The van der Waals surface area contributed by atoms with Crippen LogP contribution in [-0.4, -0.2) is 21.2 Å². The normalized spacial score (nSPS) is 18.0. The van der Waals surface area contributed by atoms with Gasteiger partial charge in [-0.2, -0.15) is 0 Å². The lowest BCUT2D eigenvalue weighted by Gasteiger charge is -1.96. The van der Waals surface area contributed by atoms with E-state index in [1.807, 2.05) is 0 Å². The Morgan fingerprint density at radius 3 is 2.91 bits per heavy atom. The molecule has 1 fully saturated rings. The Hall–Kier alpha value is -2.31. The number of aromatic hydroxyl groups is 1. The number of nitrogens with zero attached hydrogens (tertiary/aromatic N) is 2. The highest BCUT2D eigenvalue weighted by molar-refractivity contribution is 8.18. The highest BCUT2D eigenvalue weighted by atomic mass is 35.5. The summed E-state index contributed by atoms with van der Waals surface area (Å²) in [4.78, 5) is 20.7. The van der Waals surface area contributed by atoms with Crippen molar-refractivity contribution in [1.29, 1.82) is 0 Å². The average molecular weight is 332 g/mol. The molecule has 110 valence electrons. The molecule has 2 N–H and O–H groups in total. The Kier molecular flexibility index (Phi) is 4.13. The van der Waals surface area contributed by atoms with Crippen molar-refractivity contribution >= 4 is 46.3 Å². The number of phenols is 1. The van der Waals surface area contributed by atoms with Gasteiger partial charge in [0.2, 0.25) is 0 Å². The van der Waals surface area contributed by atoms with Gasteiger partial charge in [-0.15, -0.1) is 0 Å². The Morgan fingerprint density at radius 2 is 2.18 bits per heavy atom. The zero-order valence-electron chi connectivity index (χ0n) is 11.2. The number of thioether (sulfide) groups is 1. The minimum atomic E-state index is -0.235. The molecule has 7 heteroatoms. The number of nitrogens with one attached hydrogen (secondary N) is 1. The Labute approximate surface area is 135 Å². The van der Waals surface area contributed by atoms with Crippen LogP contribution in [0, 0.1) is 0 Å². The molecule has 0 spiro atoms. The van der Waals surface area contributed by atoms with Gasteiger partial charge in [0.05, 0.1) is 9.93 Å². The lowest BCUT2D eigenvalue weighted by molar-refractivity contribution is -0.115. The molecule has 1 aliphatic rings. The average Bonchev–Trinajstić information content (AvgIpc) is 2.81. The first-order chi connectivity index (χ1) is 10.6. The van der Waals surface area contributed by atoms with Crippen LogP contribution in [-0.2, 0) is 4.79 Å². The molecule has 5 nitrogen and oxygen atoms in total. The number of amidine groups is 1. The summed E-state index contributed by atoms with van der Waals surface area (Å²) in [6, 6.07) is 10.0. The van der Waals surface area contributed by atoms with Crippen molar-refractivity contribution in [3.05, 3.63) is 58.1 Å². The maximum atomic E-state index is 11.9. The maximum Gasteiger partial charge on any atom is 0.264 e. The van der Waals surface area contributed by atoms with Gasteiger partial charge in [-0.1, -0.05) is 23.7 Å². The molecule has 22 heavy (non-hydrogen) atoms. The van der Waals surface area contributed by atoms with E-state index in [2.05, 4.69) is 15.3 Å². The zero-order chi connectivity index (χ0) is 15.5. The monoisotopic (exact) mass is 331 g/mol. The molecule has 0 unspecified atom stereocenters. The molecule has 2 heterocycles. The third kappa shape index (κ3) is 3.47. The van der Waals surface area contributed by atoms with E-state index < -0.39 is 0 Å². The van der Waals surface area contributed by atoms with Gasteiger partial charge in [-0.3, -0.25) is 4.79 Å². The van der Waals surface area contributed by atoms with Crippen molar-refractivity contribution < 1.29 is 9.90 Å². The summed E-state index contributed by atoms with van der Waals surface area (Å²) >= 11 is 6.98. The van der Waals surface area contributed by atoms with Gasteiger partial charge in [-0.05, 0) is 47.7 Å². The topological polar surface area (TPSA) is 74.6 Å². The number of carbonyl (C=O) groups excluding carboxylic acids is 1. The van der Waals surface area contributed by atoms with E-state index in [4.69, 9.17) is 11.6 Å². The van der Waals surface area contributed by atoms with E-state index in [9.17, 15) is 9.90 Å². The van der Waals surface area contributed by atoms with Gasteiger partial charge >= 0.3 is 0 Å². The Balaban J connectivity index is 1.82. The van der Waals surface area contributed by atoms with Gasteiger partial charge < -0.3 is 10.4 Å². The number of hydrogen-bond donors (Lipinski definition) is 2. The predicted octanol–water partition coefficient (Wildman–Crippen LogP) is 3.33. The van der Waals surface area contributed by atoms with E-state index in [-0.39, 0.29) is 11.7 Å². The van der Waals surface area contributed by atoms with Gasteiger partial charge in [0.25, 0.3) is 5.91 Å². The number of pyridine rings is 1. The fraction of sp³-hybridized carbons (Fsp3) is 0. The molecular formula is C15H10ClN3O2S. The number of halogens is 1. The highest BCUT2D eigenvalue weighted by Crippen LogP contribution is 2.28. The van der Waals surface area contributed by atoms with Crippen LogP contribution >= 0.6 is 23.4 Å². The van der Waals surface area contributed by atoms with Crippen molar-refractivity contribution in [1.82, 2.24) is 10.3 Å². The van der Waals surface area contributed by atoms with Crippen molar-refractivity contribution in [3.8, 4) is 5.75 Å². The molecule has 1 aromatic carbocycles. The first kappa shape index (κ1) is 14.6. The number of hydrogen-bond acceptors (Lipinski definition) is 5. The second kappa shape index (κ2) is 6.21. The summed E-state index contributed by atoms with van der Waals surface area (Å²) < 4.78 is 0. The molecule has 1 aromatic heterocycles. The minimum absolute atomic E-state index is 0.150. The van der Waals surface area contributed by atoms with E-state index in [0.717, 1.165) is 5.56 Å². The summed E-state index contributed by atoms with van der Waals surface area (Å²) in [5, 5.41) is 13.1. The third-order valence-corrected chi connectivity index (χ3v) is 3.88. The number of benzene rings is 1. The fourth-order valence-corrected chi connectivity index (χ4v) is 2.73. The van der Waals surface area contributed by atoms with Crippen LogP contribution in [0.1, 0.15) is 5.56 Å². The minimum Gasteiger partial charge on any atom is -0.508 e. The van der Waals surface area contributed by atoms with Crippen molar-refractivity contribution in [3.63, 3.8) is 0 Å².